The smallest absolute Gasteiger partial charge is 0.305 e. The minimum absolute atomic E-state index is 0.184. The summed E-state index contributed by atoms with van der Waals surface area (Å²) in [4.78, 5) is 9.94. The normalized spacial score (nSPS) is 10.5. The number of aromatic nitrogens is 1. The van der Waals surface area contributed by atoms with Gasteiger partial charge in [0.1, 0.15) is 0 Å². The standard InChI is InChI=1S/C13H14FN3O2/c1-9-6-7-10(2)16(9)15-8-11-4-3-5-12(13(11)14)17(18)19/h3-7,15H,8H2,1-2H3. The van der Waals surface area contributed by atoms with Crippen molar-refractivity contribution in [2.24, 2.45) is 0 Å². The van der Waals surface area contributed by atoms with Gasteiger partial charge in [0.25, 0.3) is 0 Å². The summed E-state index contributed by atoms with van der Waals surface area (Å²) < 4.78 is 15.7. The van der Waals surface area contributed by atoms with Crippen LogP contribution in [0.2, 0.25) is 0 Å². The molecule has 1 heterocycles. The topological polar surface area (TPSA) is 60.1 Å². The van der Waals surface area contributed by atoms with Gasteiger partial charge in [-0.1, -0.05) is 12.1 Å². The number of hydrogen-bond donors (Lipinski definition) is 1. The number of hydrogen-bond acceptors (Lipinski definition) is 3. The molecule has 19 heavy (non-hydrogen) atoms. The van der Waals surface area contributed by atoms with Crippen molar-refractivity contribution in [1.82, 2.24) is 4.68 Å². The van der Waals surface area contributed by atoms with E-state index in [1.807, 2.05) is 30.7 Å². The van der Waals surface area contributed by atoms with Crippen LogP contribution < -0.4 is 5.43 Å². The molecule has 0 aliphatic rings. The van der Waals surface area contributed by atoms with Crippen LogP contribution in [0.15, 0.2) is 30.3 Å². The van der Waals surface area contributed by atoms with Gasteiger partial charge in [0.2, 0.25) is 5.82 Å². The Kier molecular flexibility index (Phi) is 3.50. The first-order valence-electron chi connectivity index (χ1n) is 5.81. The number of halogens is 1. The summed E-state index contributed by atoms with van der Waals surface area (Å²) in [6, 6.07) is 8.04. The van der Waals surface area contributed by atoms with E-state index in [-0.39, 0.29) is 12.1 Å². The highest BCUT2D eigenvalue weighted by Crippen LogP contribution is 2.20. The van der Waals surface area contributed by atoms with E-state index in [9.17, 15) is 14.5 Å². The molecule has 0 radical (unpaired) electrons. The third-order valence-electron chi connectivity index (χ3n) is 2.95. The molecular weight excluding hydrogens is 249 g/mol. The van der Waals surface area contributed by atoms with Crippen LogP contribution >= 0.6 is 0 Å². The molecular formula is C13H14FN3O2. The Morgan fingerprint density at radius 1 is 1.26 bits per heavy atom. The van der Waals surface area contributed by atoms with Gasteiger partial charge in [0.05, 0.1) is 11.5 Å². The highest BCUT2D eigenvalue weighted by atomic mass is 19.1. The maximum Gasteiger partial charge on any atom is 0.305 e. The molecule has 0 aliphatic carbocycles. The third-order valence-corrected chi connectivity index (χ3v) is 2.95. The molecule has 100 valence electrons. The van der Waals surface area contributed by atoms with Crippen molar-refractivity contribution in [3.8, 4) is 0 Å². The second kappa shape index (κ2) is 5.09. The summed E-state index contributed by atoms with van der Waals surface area (Å²) in [7, 11) is 0. The highest BCUT2D eigenvalue weighted by molar-refractivity contribution is 5.37. The van der Waals surface area contributed by atoms with E-state index < -0.39 is 16.4 Å². The number of nitro groups is 1. The summed E-state index contributed by atoms with van der Waals surface area (Å²) >= 11 is 0. The summed E-state index contributed by atoms with van der Waals surface area (Å²) in [5.41, 5.74) is 4.78. The molecule has 6 heteroatoms. The van der Waals surface area contributed by atoms with Gasteiger partial charge in [-0.25, -0.2) is 0 Å². The van der Waals surface area contributed by atoms with Crippen LogP contribution in [0.25, 0.3) is 0 Å². The van der Waals surface area contributed by atoms with Crippen molar-refractivity contribution >= 4 is 5.69 Å². The van der Waals surface area contributed by atoms with Gasteiger partial charge >= 0.3 is 5.69 Å². The van der Waals surface area contributed by atoms with E-state index in [0.29, 0.717) is 0 Å². The predicted octanol–water partition coefficient (Wildman–Crippen LogP) is 2.90. The lowest BCUT2D eigenvalue weighted by Gasteiger charge is -2.13. The Balaban J connectivity index is 2.21. The first kappa shape index (κ1) is 13.1. The van der Waals surface area contributed by atoms with Gasteiger partial charge in [0.15, 0.2) is 0 Å². The van der Waals surface area contributed by atoms with Gasteiger partial charge in [-0.05, 0) is 26.0 Å². The Morgan fingerprint density at radius 2 is 1.89 bits per heavy atom. The van der Waals surface area contributed by atoms with E-state index >= 15 is 0 Å². The van der Waals surface area contributed by atoms with Crippen LogP contribution in [0.5, 0.6) is 0 Å². The SMILES string of the molecule is Cc1ccc(C)n1NCc1cccc([N+](=O)[O-])c1F. The van der Waals surface area contributed by atoms with Crippen molar-refractivity contribution in [1.29, 1.82) is 0 Å². The molecule has 1 N–H and O–H groups in total. The van der Waals surface area contributed by atoms with Crippen LogP contribution in [-0.4, -0.2) is 9.60 Å². The van der Waals surface area contributed by atoms with Gasteiger partial charge < -0.3 is 5.43 Å². The number of aryl methyl sites for hydroxylation is 2. The largest absolute Gasteiger partial charge is 0.321 e. The first-order chi connectivity index (χ1) is 9.00. The second-order valence-corrected chi connectivity index (χ2v) is 4.29. The minimum Gasteiger partial charge on any atom is -0.321 e. The average molecular weight is 263 g/mol. The lowest BCUT2D eigenvalue weighted by atomic mass is 10.2. The van der Waals surface area contributed by atoms with Crippen molar-refractivity contribution < 1.29 is 9.31 Å². The Hall–Kier alpha value is -2.37. The van der Waals surface area contributed by atoms with E-state index in [1.165, 1.54) is 12.1 Å². The number of rotatable bonds is 4. The molecule has 0 fully saturated rings. The monoisotopic (exact) mass is 263 g/mol. The Labute approximate surface area is 109 Å². The van der Waals surface area contributed by atoms with Gasteiger partial charge in [-0.2, -0.15) is 4.39 Å². The molecule has 1 aromatic heterocycles. The minimum atomic E-state index is -0.789. The van der Waals surface area contributed by atoms with E-state index in [1.54, 1.807) is 0 Å². The second-order valence-electron chi connectivity index (χ2n) is 4.29. The first-order valence-corrected chi connectivity index (χ1v) is 5.81. The Morgan fingerprint density at radius 3 is 2.47 bits per heavy atom. The highest BCUT2D eigenvalue weighted by Gasteiger charge is 2.16. The van der Waals surface area contributed by atoms with Crippen LogP contribution in [0, 0.1) is 29.8 Å². The van der Waals surface area contributed by atoms with Gasteiger partial charge in [0, 0.05) is 23.0 Å². The molecule has 5 nitrogen and oxygen atoms in total. The van der Waals surface area contributed by atoms with Crippen LogP contribution in [0.4, 0.5) is 10.1 Å². The van der Waals surface area contributed by atoms with E-state index in [4.69, 9.17) is 0 Å². The molecule has 2 aromatic rings. The number of nitrogens with zero attached hydrogens (tertiary/aromatic N) is 2. The number of nitrogens with one attached hydrogen (secondary N) is 1. The van der Waals surface area contributed by atoms with Crippen molar-refractivity contribution in [2.75, 3.05) is 5.43 Å². The van der Waals surface area contributed by atoms with Crippen LogP contribution in [0.1, 0.15) is 17.0 Å². The molecule has 0 bridgehead atoms. The average Bonchev–Trinajstić information content (AvgIpc) is 2.68. The fourth-order valence-corrected chi connectivity index (χ4v) is 1.93. The molecule has 0 spiro atoms. The number of benzene rings is 1. The summed E-state index contributed by atoms with van der Waals surface area (Å²) in [6.45, 7) is 4.03. The predicted molar refractivity (Wildman–Crippen MR) is 70.0 cm³/mol. The van der Waals surface area contributed by atoms with E-state index in [2.05, 4.69) is 5.43 Å². The molecule has 0 unspecified atom stereocenters. The molecule has 1 aromatic carbocycles. The zero-order valence-corrected chi connectivity index (χ0v) is 10.7. The zero-order chi connectivity index (χ0) is 14.0. The fourth-order valence-electron chi connectivity index (χ4n) is 1.93. The molecule has 0 aliphatic heterocycles. The quantitative estimate of drug-likeness (QED) is 0.681. The number of nitro benzene ring substituents is 1. The van der Waals surface area contributed by atoms with Crippen molar-refractivity contribution in [2.45, 2.75) is 20.4 Å². The maximum absolute atomic E-state index is 13.9. The van der Waals surface area contributed by atoms with E-state index in [0.717, 1.165) is 17.5 Å². The lowest BCUT2D eigenvalue weighted by Crippen LogP contribution is -2.17. The lowest BCUT2D eigenvalue weighted by molar-refractivity contribution is -0.387. The summed E-state index contributed by atoms with van der Waals surface area (Å²) in [5.74, 6) is -0.789. The Bertz CT molecular complexity index is 603. The van der Waals surface area contributed by atoms with Crippen molar-refractivity contribution in [3.05, 3.63) is 63.2 Å². The molecule has 0 atom stereocenters. The van der Waals surface area contributed by atoms with Crippen LogP contribution in [-0.2, 0) is 6.54 Å². The summed E-state index contributed by atoms with van der Waals surface area (Å²) in [5, 5.41) is 10.7. The molecule has 2 rings (SSSR count). The molecule has 0 amide bonds. The van der Waals surface area contributed by atoms with Crippen LogP contribution in [0.3, 0.4) is 0 Å². The zero-order valence-electron chi connectivity index (χ0n) is 10.7. The van der Waals surface area contributed by atoms with Crippen molar-refractivity contribution in [3.63, 3.8) is 0 Å². The third kappa shape index (κ3) is 2.57. The summed E-state index contributed by atoms with van der Waals surface area (Å²) in [6.07, 6.45) is 0. The van der Waals surface area contributed by atoms with Gasteiger partial charge in [-0.3, -0.25) is 14.8 Å². The molecule has 0 saturated heterocycles. The van der Waals surface area contributed by atoms with Gasteiger partial charge in [-0.15, -0.1) is 0 Å². The fraction of sp³-hybridized carbons (Fsp3) is 0.231. The maximum atomic E-state index is 13.9. The molecule has 0 saturated carbocycles.